The number of aromatic nitrogens is 1. The summed E-state index contributed by atoms with van der Waals surface area (Å²) >= 11 is 0. The van der Waals surface area contributed by atoms with Crippen molar-refractivity contribution in [3.63, 3.8) is 0 Å². The van der Waals surface area contributed by atoms with Gasteiger partial charge in [0.2, 0.25) is 0 Å². The van der Waals surface area contributed by atoms with Gasteiger partial charge in [-0.25, -0.2) is 17.6 Å². The number of methoxy groups -OCH3 is 1. The highest BCUT2D eigenvalue weighted by atomic mass is 19.1. The molecule has 0 saturated carbocycles. The summed E-state index contributed by atoms with van der Waals surface area (Å²) in [6.45, 7) is 2.18. The number of pyridine rings is 1. The fourth-order valence-electron chi connectivity index (χ4n) is 5.50. The van der Waals surface area contributed by atoms with Crippen LogP contribution in [0.5, 0.6) is 5.75 Å². The van der Waals surface area contributed by atoms with Crippen LogP contribution in [0.4, 0.5) is 17.6 Å². The van der Waals surface area contributed by atoms with E-state index in [1.54, 1.807) is 31.5 Å². The van der Waals surface area contributed by atoms with Crippen molar-refractivity contribution in [3.8, 4) is 5.75 Å². The van der Waals surface area contributed by atoms with Crippen LogP contribution in [0.1, 0.15) is 55.0 Å². The predicted octanol–water partition coefficient (Wildman–Crippen LogP) is 5.62. The molecule has 0 bridgehead atoms. The second-order valence-electron chi connectivity index (χ2n) is 10.2. The monoisotopic (exact) mass is 533 g/mol. The van der Waals surface area contributed by atoms with Crippen molar-refractivity contribution in [2.45, 2.75) is 51.2 Å². The number of ether oxygens (including phenoxy) is 1. The molecule has 206 valence electrons. The lowest BCUT2D eigenvalue weighted by molar-refractivity contribution is 0.0299. The maximum Gasteiger partial charge on any atom is 0.132 e. The fraction of sp³-hybridized carbons (Fsp3) is 0.483. The summed E-state index contributed by atoms with van der Waals surface area (Å²) < 4.78 is 62.1. The second-order valence-corrected chi connectivity index (χ2v) is 10.2. The van der Waals surface area contributed by atoms with Gasteiger partial charge in [0.25, 0.3) is 0 Å². The standard InChI is InChI=1S/C29H35F4N3O2/c1-38-21-4-5-27-23(15-21)28(19(16-34)17-35-27)24(31)6-7-29(18-37)8-11-36(12-9-29)10-2-3-22-25(32)13-20(30)14-26(22)33/h4-5,13-15,17,24,37H,2-3,6-12,16,18,34H2,1H3/t24-/m1/s1. The van der Waals surface area contributed by atoms with E-state index >= 15 is 4.39 Å². The number of aliphatic hydroxyl groups is 1. The summed E-state index contributed by atoms with van der Waals surface area (Å²) in [7, 11) is 1.56. The van der Waals surface area contributed by atoms with Crippen molar-refractivity contribution in [1.29, 1.82) is 0 Å². The topological polar surface area (TPSA) is 71.6 Å². The van der Waals surface area contributed by atoms with Gasteiger partial charge < -0.3 is 20.5 Å². The highest BCUT2D eigenvalue weighted by molar-refractivity contribution is 5.85. The van der Waals surface area contributed by atoms with E-state index in [1.165, 1.54) is 0 Å². The number of hydrogen-bond donors (Lipinski definition) is 2. The molecule has 0 amide bonds. The highest BCUT2D eigenvalue weighted by Crippen LogP contribution is 2.41. The first-order chi connectivity index (χ1) is 18.3. The molecule has 0 aliphatic carbocycles. The van der Waals surface area contributed by atoms with Gasteiger partial charge >= 0.3 is 0 Å². The van der Waals surface area contributed by atoms with Crippen LogP contribution in [-0.2, 0) is 13.0 Å². The Balaban J connectivity index is 1.35. The van der Waals surface area contributed by atoms with Crippen LogP contribution in [0.3, 0.4) is 0 Å². The summed E-state index contributed by atoms with van der Waals surface area (Å²) in [5.41, 5.74) is 7.28. The number of fused-ring (bicyclic) bond motifs is 1. The molecule has 0 radical (unpaired) electrons. The molecule has 4 rings (SSSR count). The van der Waals surface area contributed by atoms with Crippen LogP contribution >= 0.6 is 0 Å². The molecule has 1 aromatic heterocycles. The van der Waals surface area contributed by atoms with Gasteiger partial charge in [0.1, 0.15) is 29.4 Å². The third-order valence-corrected chi connectivity index (χ3v) is 7.92. The van der Waals surface area contributed by atoms with Gasteiger partial charge in [-0.05, 0) is 87.3 Å². The van der Waals surface area contributed by atoms with E-state index in [0.717, 1.165) is 0 Å². The van der Waals surface area contributed by atoms with Gasteiger partial charge in [-0.1, -0.05) is 0 Å². The van der Waals surface area contributed by atoms with E-state index in [2.05, 4.69) is 9.88 Å². The zero-order valence-electron chi connectivity index (χ0n) is 21.7. The third kappa shape index (κ3) is 6.27. The molecule has 5 nitrogen and oxygen atoms in total. The lowest BCUT2D eigenvalue weighted by Gasteiger charge is -2.41. The first-order valence-electron chi connectivity index (χ1n) is 13.1. The zero-order valence-corrected chi connectivity index (χ0v) is 21.7. The van der Waals surface area contributed by atoms with Crippen LogP contribution in [-0.4, -0.2) is 48.3 Å². The normalized spacial score (nSPS) is 16.6. The van der Waals surface area contributed by atoms with Crippen molar-refractivity contribution in [1.82, 2.24) is 9.88 Å². The van der Waals surface area contributed by atoms with Gasteiger partial charge in [-0.2, -0.15) is 0 Å². The van der Waals surface area contributed by atoms with Crippen LogP contribution in [0.25, 0.3) is 10.9 Å². The second kappa shape index (κ2) is 12.4. The van der Waals surface area contributed by atoms with Gasteiger partial charge in [0, 0.05) is 48.0 Å². The number of rotatable bonds is 11. The zero-order chi connectivity index (χ0) is 27.3. The Morgan fingerprint density at radius 1 is 1.13 bits per heavy atom. The number of halogens is 4. The molecule has 38 heavy (non-hydrogen) atoms. The Bertz CT molecular complexity index is 1220. The fourth-order valence-corrected chi connectivity index (χ4v) is 5.50. The Hall–Kier alpha value is -2.75. The summed E-state index contributed by atoms with van der Waals surface area (Å²) in [5, 5.41) is 10.9. The van der Waals surface area contributed by atoms with E-state index in [4.69, 9.17) is 10.5 Å². The molecule has 9 heteroatoms. The van der Waals surface area contributed by atoms with Gasteiger partial charge in [-0.3, -0.25) is 4.98 Å². The smallest absolute Gasteiger partial charge is 0.132 e. The lowest BCUT2D eigenvalue weighted by Crippen LogP contribution is -2.42. The highest BCUT2D eigenvalue weighted by Gasteiger charge is 2.35. The summed E-state index contributed by atoms with van der Waals surface area (Å²) in [6.07, 6.45) is 3.22. The number of nitrogens with two attached hydrogens (primary N) is 1. The molecule has 1 fully saturated rings. The minimum Gasteiger partial charge on any atom is -0.497 e. The number of aliphatic hydroxyl groups excluding tert-OH is 1. The van der Waals surface area contributed by atoms with E-state index in [9.17, 15) is 18.3 Å². The molecule has 1 saturated heterocycles. The predicted molar refractivity (Wildman–Crippen MR) is 139 cm³/mol. The average molecular weight is 534 g/mol. The molecular formula is C29H35F4N3O2. The SMILES string of the molecule is COc1ccc2ncc(CN)c([C@H](F)CCC3(CO)CCN(CCCc4c(F)cc(F)cc4F)CC3)c2c1. The number of benzene rings is 2. The molecule has 1 aliphatic heterocycles. The Morgan fingerprint density at radius 3 is 2.47 bits per heavy atom. The number of nitrogens with zero attached hydrogens (tertiary/aromatic N) is 2. The van der Waals surface area contributed by atoms with Crippen molar-refractivity contribution >= 4 is 10.9 Å². The average Bonchev–Trinajstić information content (AvgIpc) is 2.92. The first kappa shape index (κ1) is 28.3. The lowest BCUT2D eigenvalue weighted by atomic mass is 9.74. The van der Waals surface area contributed by atoms with Crippen molar-refractivity contribution < 1.29 is 27.4 Å². The van der Waals surface area contributed by atoms with E-state index in [-0.39, 0.29) is 37.0 Å². The molecule has 0 unspecified atom stereocenters. The van der Waals surface area contributed by atoms with Crippen LogP contribution in [0.2, 0.25) is 0 Å². The van der Waals surface area contributed by atoms with Crippen molar-refractivity contribution in [2.75, 3.05) is 33.4 Å². The van der Waals surface area contributed by atoms with Crippen LogP contribution in [0.15, 0.2) is 36.5 Å². The summed E-state index contributed by atoms with van der Waals surface area (Å²) in [6, 6.07) is 6.78. The summed E-state index contributed by atoms with van der Waals surface area (Å²) in [4.78, 5) is 6.60. The van der Waals surface area contributed by atoms with Gasteiger partial charge in [-0.15, -0.1) is 0 Å². The van der Waals surface area contributed by atoms with Gasteiger partial charge in [0.05, 0.1) is 12.6 Å². The molecule has 1 atom stereocenters. The number of likely N-dealkylation sites (tertiary alicyclic amines) is 1. The van der Waals surface area contributed by atoms with Crippen LogP contribution in [0, 0.1) is 22.9 Å². The molecular weight excluding hydrogens is 498 g/mol. The largest absolute Gasteiger partial charge is 0.497 e. The maximum absolute atomic E-state index is 15.8. The minimum absolute atomic E-state index is 0.0335. The van der Waals surface area contributed by atoms with Gasteiger partial charge in [0.15, 0.2) is 0 Å². The quantitative estimate of drug-likeness (QED) is 0.313. The first-order valence-corrected chi connectivity index (χ1v) is 13.1. The van der Waals surface area contributed by atoms with E-state index in [0.29, 0.717) is 85.2 Å². The third-order valence-electron chi connectivity index (χ3n) is 7.92. The molecule has 2 aromatic carbocycles. The molecule has 3 aromatic rings. The molecule has 3 N–H and O–H groups in total. The van der Waals surface area contributed by atoms with Crippen molar-refractivity contribution in [2.24, 2.45) is 11.1 Å². The summed E-state index contributed by atoms with van der Waals surface area (Å²) in [5.74, 6) is -2.03. The molecule has 0 spiro atoms. The molecule has 2 heterocycles. The minimum atomic E-state index is -1.27. The molecule has 1 aliphatic rings. The Kier molecular flexibility index (Phi) is 9.23. The van der Waals surface area contributed by atoms with Crippen molar-refractivity contribution in [3.05, 3.63) is 70.7 Å². The number of piperidine rings is 1. The van der Waals surface area contributed by atoms with E-state index < -0.39 is 23.6 Å². The number of alkyl halides is 1. The Morgan fingerprint density at radius 2 is 1.84 bits per heavy atom. The Labute approximate surface area is 220 Å². The van der Waals surface area contributed by atoms with E-state index in [1.807, 2.05) is 0 Å². The van der Waals surface area contributed by atoms with Crippen LogP contribution < -0.4 is 10.5 Å². The maximum atomic E-state index is 15.8. The number of hydrogen-bond acceptors (Lipinski definition) is 5.